The Morgan fingerprint density at radius 3 is 2.68 bits per heavy atom. The summed E-state index contributed by atoms with van der Waals surface area (Å²) in [6.07, 6.45) is 3.46. The van der Waals surface area contributed by atoms with E-state index in [-0.39, 0.29) is 11.9 Å². The molecule has 1 aliphatic rings. The van der Waals surface area contributed by atoms with E-state index in [0.717, 1.165) is 43.3 Å². The standard InChI is InChI=1S/C16H20FN5/c1-11-10-15(20-12(2)19-11)22-8-5-13(6-9-22)21-16-14(17)4-3-7-18-16/h3-4,7,10,13H,5-6,8-9H2,1-2H3,(H,18,21). The Bertz CT molecular complexity index is 632. The third-order valence-corrected chi connectivity index (χ3v) is 3.87. The van der Waals surface area contributed by atoms with Gasteiger partial charge in [-0.15, -0.1) is 0 Å². The Kier molecular flexibility index (Phi) is 4.18. The van der Waals surface area contributed by atoms with Crippen LogP contribution in [0.2, 0.25) is 0 Å². The molecule has 5 nitrogen and oxygen atoms in total. The van der Waals surface area contributed by atoms with Crippen molar-refractivity contribution in [3.8, 4) is 0 Å². The number of hydrogen-bond donors (Lipinski definition) is 1. The minimum absolute atomic E-state index is 0.240. The van der Waals surface area contributed by atoms with Crippen LogP contribution in [-0.2, 0) is 0 Å². The molecule has 2 aromatic heterocycles. The highest BCUT2D eigenvalue weighted by molar-refractivity contribution is 5.42. The number of rotatable bonds is 3. The van der Waals surface area contributed by atoms with Gasteiger partial charge in [0.15, 0.2) is 11.6 Å². The smallest absolute Gasteiger partial charge is 0.165 e. The highest BCUT2D eigenvalue weighted by atomic mass is 19.1. The summed E-state index contributed by atoms with van der Waals surface area (Å²) >= 11 is 0. The van der Waals surface area contributed by atoms with Gasteiger partial charge in [0.25, 0.3) is 0 Å². The lowest BCUT2D eigenvalue weighted by Gasteiger charge is -2.33. The number of halogens is 1. The number of nitrogens with zero attached hydrogens (tertiary/aromatic N) is 4. The molecule has 0 saturated carbocycles. The predicted octanol–water partition coefficient (Wildman–Crippen LogP) is 2.71. The first kappa shape index (κ1) is 14.7. The Balaban J connectivity index is 1.62. The minimum Gasteiger partial charge on any atom is -0.365 e. The molecule has 6 heteroatoms. The molecule has 0 bridgehead atoms. The van der Waals surface area contributed by atoms with Crippen LogP contribution in [0, 0.1) is 19.7 Å². The molecule has 1 saturated heterocycles. The number of nitrogens with one attached hydrogen (secondary N) is 1. The first-order valence-electron chi connectivity index (χ1n) is 7.56. The number of aryl methyl sites for hydroxylation is 2. The molecule has 0 radical (unpaired) electrons. The van der Waals surface area contributed by atoms with Crippen LogP contribution in [0.5, 0.6) is 0 Å². The van der Waals surface area contributed by atoms with Crippen molar-refractivity contribution in [2.45, 2.75) is 32.7 Å². The van der Waals surface area contributed by atoms with Gasteiger partial charge in [0.2, 0.25) is 0 Å². The lowest BCUT2D eigenvalue weighted by Crippen LogP contribution is -2.40. The molecule has 0 amide bonds. The van der Waals surface area contributed by atoms with Crippen LogP contribution in [0.15, 0.2) is 24.4 Å². The largest absolute Gasteiger partial charge is 0.365 e. The predicted molar refractivity (Wildman–Crippen MR) is 84.6 cm³/mol. The van der Waals surface area contributed by atoms with Crippen LogP contribution in [0.4, 0.5) is 16.0 Å². The molecule has 116 valence electrons. The molecule has 1 fully saturated rings. The van der Waals surface area contributed by atoms with Crippen LogP contribution in [0.1, 0.15) is 24.4 Å². The van der Waals surface area contributed by atoms with Crippen LogP contribution in [0.25, 0.3) is 0 Å². The second kappa shape index (κ2) is 6.25. The van der Waals surface area contributed by atoms with E-state index in [1.54, 1.807) is 12.3 Å². The molecular weight excluding hydrogens is 281 g/mol. The molecule has 0 aromatic carbocycles. The SMILES string of the molecule is Cc1cc(N2CCC(Nc3ncccc3F)CC2)nc(C)n1. The summed E-state index contributed by atoms with van der Waals surface area (Å²) in [5.74, 6) is 1.82. The number of aromatic nitrogens is 3. The molecular formula is C16H20FN5. The lowest BCUT2D eigenvalue weighted by molar-refractivity contribution is 0.516. The third-order valence-electron chi connectivity index (χ3n) is 3.87. The molecule has 22 heavy (non-hydrogen) atoms. The van der Waals surface area contributed by atoms with Gasteiger partial charge in [-0.05, 0) is 38.8 Å². The normalized spacial score (nSPS) is 15.9. The van der Waals surface area contributed by atoms with E-state index in [1.807, 2.05) is 19.9 Å². The van der Waals surface area contributed by atoms with Crippen molar-refractivity contribution in [1.29, 1.82) is 0 Å². The third kappa shape index (κ3) is 3.32. The van der Waals surface area contributed by atoms with E-state index >= 15 is 0 Å². The average molecular weight is 301 g/mol. The van der Waals surface area contributed by atoms with Crippen molar-refractivity contribution >= 4 is 11.6 Å². The molecule has 0 spiro atoms. The van der Waals surface area contributed by atoms with Gasteiger partial charge in [0.05, 0.1) is 0 Å². The summed E-state index contributed by atoms with van der Waals surface area (Å²) in [6.45, 7) is 5.68. The van der Waals surface area contributed by atoms with Gasteiger partial charge in [-0.3, -0.25) is 0 Å². The number of anilines is 2. The maximum atomic E-state index is 13.6. The summed E-state index contributed by atoms with van der Waals surface area (Å²) in [5, 5.41) is 3.20. The molecule has 0 atom stereocenters. The average Bonchev–Trinajstić information content (AvgIpc) is 2.49. The van der Waals surface area contributed by atoms with E-state index in [1.165, 1.54) is 6.07 Å². The van der Waals surface area contributed by atoms with Gasteiger partial charge in [-0.1, -0.05) is 0 Å². The summed E-state index contributed by atoms with van der Waals surface area (Å²) in [6, 6.07) is 5.28. The molecule has 0 unspecified atom stereocenters. The zero-order valence-electron chi connectivity index (χ0n) is 12.9. The monoisotopic (exact) mass is 301 g/mol. The van der Waals surface area contributed by atoms with E-state index in [0.29, 0.717) is 5.82 Å². The van der Waals surface area contributed by atoms with E-state index in [9.17, 15) is 4.39 Å². The van der Waals surface area contributed by atoms with E-state index in [4.69, 9.17) is 0 Å². The van der Waals surface area contributed by atoms with E-state index in [2.05, 4.69) is 25.2 Å². The van der Waals surface area contributed by atoms with Crippen molar-refractivity contribution in [3.05, 3.63) is 41.7 Å². The summed E-state index contributed by atoms with van der Waals surface area (Å²) < 4.78 is 13.6. The lowest BCUT2D eigenvalue weighted by atomic mass is 10.0. The van der Waals surface area contributed by atoms with Crippen molar-refractivity contribution < 1.29 is 4.39 Å². The van der Waals surface area contributed by atoms with Gasteiger partial charge in [-0.2, -0.15) is 0 Å². The molecule has 1 aliphatic heterocycles. The van der Waals surface area contributed by atoms with Crippen LogP contribution < -0.4 is 10.2 Å². The fraction of sp³-hybridized carbons (Fsp3) is 0.438. The fourth-order valence-corrected chi connectivity index (χ4v) is 2.80. The van der Waals surface area contributed by atoms with Crippen molar-refractivity contribution in [1.82, 2.24) is 15.0 Å². The van der Waals surface area contributed by atoms with Gasteiger partial charge in [0, 0.05) is 37.1 Å². The highest BCUT2D eigenvalue weighted by Crippen LogP contribution is 2.21. The topological polar surface area (TPSA) is 53.9 Å². The minimum atomic E-state index is -0.299. The summed E-state index contributed by atoms with van der Waals surface area (Å²) in [5.41, 5.74) is 0.985. The molecule has 2 aromatic rings. The maximum absolute atomic E-state index is 13.6. The summed E-state index contributed by atoms with van der Waals surface area (Å²) in [7, 11) is 0. The van der Waals surface area contributed by atoms with Crippen molar-refractivity contribution in [2.75, 3.05) is 23.3 Å². The van der Waals surface area contributed by atoms with Crippen LogP contribution in [0.3, 0.4) is 0 Å². The van der Waals surface area contributed by atoms with Gasteiger partial charge in [0.1, 0.15) is 11.6 Å². The second-order valence-corrected chi connectivity index (χ2v) is 5.65. The second-order valence-electron chi connectivity index (χ2n) is 5.65. The fourth-order valence-electron chi connectivity index (χ4n) is 2.80. The molecule has 3 rings (SSSR count). The molecule has 0 aliphatic carbocycles. The van der Waals surface area contributed by atoms with Crippen LogP contribution >= 0.6 is 0 Å². The Morgan fingerprint density at radius 1 is 1.23 bits per heavy atom. The van der Waals surface area contributed by atoms with Crippen LogP contribution in [-0.4, -0.2) is 34.1 Å². The zero-order valence-corrected chi connectivity index (χ0v) is 12.9. The maximum Gasteiger partial charge on any atom is 0.165 e. The highest BCUT2D eigenvalue weighted by Gasteiger charge is 2.21. The summed E-state index contributed by atoms with van der Waals surface area (Å²) in [4.78, 5) is 15.1. The first-order chi connectivity index (χ1) is 10.6. The Morgan fingerprint density at radius 2 is 2.00 bits per heavy atom. The number of hydrogen-bond acceptors (Lipinski definition) is 5. The van der Waals surface area contributed by atoms with Gasteiger partial charge in [-0.25, -0.2) is 19.3 Å². The van der Waals surface area contributed by atoms with E-state index < -0.39 is 0 Å². The molecule has 1 N–H and O–H groups in total. The number of pyridine rings is 1. The molecule has 3 heterocycles. The van der Waals surface area contributed by atoms with Crippen molar-refractivity contribution in [3.63, 3.8) is 0 Å². The Labute approximate surface area is 129 Å². The quantitative estimate of drug-likeness (QED) is 0.944. The van der Waals surface area contributed by atoms with Gasteiger partial charge < -0.3 is 10.2 Å². The van der Waals surface area contributed by atoms with Crippen molar-refractivity contribution in [2.24, 2.45) is 0 Å². The number of piperidine rings is 1. The van der Waals surface area contributed by atoms with Gasteiger partial charge >= 0.3 is 0 Å². The zero-order chi connectivity index (χ0) is 15.5. The Hall–Kier alpha value is -2.24. The first-order valence-corrected chi connectivity index (χ1v) is 7.56.